The first-order chi connectivity index (χ1) is 12.7. The van der Waals surface area contributed by atoms with Crippen LogP contribution < -0.4 is 10.9 Å². The molecule has 0 aliphatic carbocycles. The second-order valence-electron chi connectivity index (χ2n) is 5.68. The van der Waals surface area contributed by atoms with Crippen molar-refractivity contribution in [2.75, 3.05) is 10.9 Å². The van der Waals surface area contributed by atoms with E-state index in [-0.39, 0.29) is 0 Å². The van der Waals surface area contributed by atoms with Gasteiger partial charge >= 0.3 is 0 Å². The Labute approximate surface area is 164 Å². The molecule has 0 aliphatic heterocycles. The van der Waals surface area contributed by atoms with Crippen LogP contribution in [0, 0.1) is 0 Å². The average molecular weight is 426 g/mol. The molecular formula is C20H14BrClN4. The number of aromatic nitrogens is 2. The Morgan fingerprint density at radius 1 is 0.769 bits per heavy atom. The Morgan fingerprint density at radius 3 is 2.31 bits per heavy atom. The second kappa shape index (κ2) is 7.32. The van der Waals surface area contributed by atoms with Gasteiger partial charge in [0.15, 0.2) is 5.82 Å². The van der Waals surface area contributed by atoms with Crippen molar-refractivity contribution in [3.05, 3.63) is 82.3 Å². The third kappa shape index (κ3) is 3.64. The largest absolute Gasteiger partial charge is 0.300 e. The molecule has 0 aliphatic rings. The summed E-state index contributed by atoms with van der Waals surface area (Å²) < 4.78 is 1.02. The van der Waals surface area contributed by atoms with E-state index in [1.165, 1.54) is 0 Å². The van der Waals surface area contributed by atoms with Gasteiger partial charge < -0.3 is 0 Å². The maximum absolute atomic E-state index is 6.11. The van der Waals surface area contributed by atoms with Gasteiger partial charge in [0, 0.05) is 15.1 Å². The number of nitrogens with zero attached hydrogens (tertiary/aromatic N) is 2. The number of rotatable bonds is 4. The van der Waals surface area contributed by atoms with Gasteiger partial charge in [0.25, 0.3) is 0 Å². The molecule has 0 spiro atoms. The number of nitrogens with one attached hydrogen (secondary N) is 2. The fourth-order valence-corrected chi connectivity index (χ4v) is 3.01. The highest BCUT2D eigenvalue weighted by atomic mass is 79.9. The molecule has 0 amide bonds. The van der Waals surface area contributed by atoms with Crippen LogP contribution in [0.25, 0.3) is 22.3 Å². The molecule has 4 aromatic rings. The zero-order valence-electron chi connectivity index (χ0n) is 13.6. The van der Waals surface area contributed by atoms with Gasteiger partial charge in [0.05, 0.1) is 16.7 Å². The van der Waals surface area contributed by atoms with E-state index in [2.05, 4.69) is 26.8 Å². The van der Waals surface area contributed by atoms with Crippen LogP contribution in [0.1, 0.15) is 0 Å². The molecule has 0 bridgehead atoms. The second-order valence-corrected chi connectivity index (χ2v) is 7.03. The van der Waals surface area contributed by atoms with Gasteiger partial charge in [-0.1, -0.05) is 57.9 Å². The Bertz CT molecular complexity index is 1050. The molecule has 0 atom stereocenters. The number of anilines is 2. The quantitative estimate of drug-likeness (QED) is 0.385. The fourth-order valence-electron chi connectivity index (χ4n) is 2.58. The van der Waals surface area contributed by atoms with Gasteiger partial charge in [-0.25, -0.2) is 9.97 Å². The molecule has 0 unspecified atom stereocenters. The Morgan fingerprint density at radius 2 is 1.54 bits per heavy atom. The summed E-state index contributed by atoms with van der Waals surface area (Å²) in [5, 5.41) is 0.631. The Kier molecular flexibility index (Phi) is 4.73. The van der Waals surface area contributed by atoms with Crippen molar-refractivity contribution >= 4 is 50.1 Å². The maximum atomic E-state index is 6.11. The zero-order valence-corrected chi connectivity index (χ0v) is 15.9. The number of fused-ring (bicyclic) bond motifs is 1. The van der Waals surface area contributed by atoms with Gasteiger partial charge in [0.2, 0.25) is 0 Å². The first-order valence-corrected chi connectivity index (χ1v) is 9.16. The van der Waals surface area contributed by atoms with Gasteiger partial charge in [-0.2, -0.15) is 0 Å². The summed E-state index contributed by atoms with van der Waals surface area (Å²) in [7, 11) is 0. The Balaban J connectivity index is 1.75. The number of halogens is 2. The molecule has 0 saturated carbocycles. The predicted octanol–water partition coefficient (Wildman–Crippen LogP) is 6.15. The van der Waals surface area contributed by atoms with Crippen LogP contribution in [-0.4, -0.2) is 9.97 Å². The number of hydrogen-bond donors (Lipinski definition) is 2. The normalized spacial score (nSPS) is 10.7. The van der Waals surface area contributed by atoms with E-state index in [9.17, 15) is 0 Å². The molecule has 4 rings (SSSR count). The standard InChI is InChI=1S/C20H14BrClN4/c21-14-6-9-16(10-7-14)25-26-20-19(13-4-2-1-3-5-13)23-17-11-8-15(22)12-18(17)24-20/h1-12,25H,(H,24,26). The molecule has 0 radical (unpaired) electrons. The zero-order chi connectivity index (χ0) is 17.9. The van der Waals surface area contributed by atoms with Gasteiger partial charge in [0.1, 0.15) is 5.69 Å². The highest BCUT2D eigenvalue weighted by molar-refractivity contribution is 9.10. The van der Waals surface area contributed by atoms with Crippen molar-refractivity contribution in [1.82, 2.24) is 9.97 Å². The van der Waals surface area contributed by atoms with E-state index in [1.807, 2.05) is 72.8 Å². The van der Waals surface area contributed by atoms with Crippen molar-refractivity contribution in [2.24, 2.45) is 0 Å². The van der Waals surface area contributed by atoms with E-state index in [0.29, 0.717) is 10.8 Å². The lowest BCUT2D eigenvalue weighted by Crippen LogP contribution is -2.12. The van der Waals surface area contributed by atoms with Crippen molar-refractivity contribution in [1.29, 1.82) is 0 Å². The lowest BCUT2D eigenvalue weighted by Gasteiger charge is -2.14. The number of hydrazine groups is 1. The van der Waals surface area contributed by atoms with Crippen molar-refractivity contribution in [3.63, 3.8) is 0 Å². The third-order valence-corrected chi connectivity index (χ3v) is 4.61. The van der Waals surface area contributed by atoms with Gasteiger partial charge in [-0.05, 0) is 42.5 Å². The number of hydrogen-bond acceptors (Lipinski definition) is 4. The monoisotopic (exact) mass is 424 g/mol. The van der Waals surface area contributed by atoms with Crippen LogP contribution in [0.5, 0.6) is 0 Å². The molecule has 1 aromatic heterocycles. The van der Waals surface area contributed by atoms with Crippen LogP contribution in [0.15, 0.2) is 77.3 Å². The molecule has 1 heterocycles. The fraction of sp³-hybridized carbons (Fsp3) is 0. The predicted molar refractivity (Wildman–Crippen MR) is 111 cm³/mol. The van der Waals surface area contributed by atoms with Gasteiger partial charge in [-0.3, -0.25) is 10.9 Å². The average Bonchev–Trinajstić information content (AvgIpc) is 2.67. The summed E-state index contributed by atoms with van der Waals surface area (Å²) in [6.07, 6.45) is 0. The van der Waals surface area contributed by atoms with Crippen molar-refractivity contribution in [2.45, 2.75) is 0 Å². The van der Waals surface area contributed by atoms with Crippen LogP contribution in [0.2, 0.25) is 5.02 Å². The molecular weight excluding hydrogens is 412 g/mol. The van der Waals surface area contributed by atoms with E-state index >= 15 is 0 Å². The Hall–Kier alpha value is -2.63. The summed E-state index contributed by atoms with van der Waals surface area (Å²) >= 11 is 9.54. The lowest BCUT2D eigenvalue weighted by molar-refractivity contribution is 1.25. The minimum atomic E-state index is 0.631. The van der Waals surface area contributed by atoms with Crippen LogP contribution in [-0.2, 0) is 0 Å². The van der Waals surface area contributed by atoms with Crippen LogP contribution in [0.4, 0.5) is 11.5 Å². The highest BCUT2D eigenvalue weighted by Gasteiger charge is 2.11. The molecule has 0 saturated heterocycles. The lowest BCUT2D eigenvalue weighted by atomic mass is 10.1. The van der Waals surface area contributed by atoms with Crippen molar-refractivity contribution in [3.8, 4) is 11.3 Å². The smallest absolute Gasteiger partial charge is 0.171 e. The molecule has 128 valence electrons. The summed E-state index contributed by atoms with van der Waals surface area (Å²) in [5.41, 5.74) is 10.5. The molecule has 6 heteroatoms. The van der Waals surface area contributed by atoms with Gasteiger partial charge in [-0.15, -0.1) is 0 Å². The van der Waals surface area contributed by atoms with E-state index in [0.717, 1.165) is 32.5 Å². The molecule has 26 heavy (non-hydrogen) atoms. The minimum Gasteiger partial charge on any atom is -0.300 e. The minimum absolute atomic E-state index is 0.631. The molecule has 3 aromatic carbocycles. The van der Waals surface area contributed by atoms with Crippen LogP contribution in [0.3, 0.4) is 0 Å². The van der Waals surface area contributed by atoms with E-state index < -0.39 is 0 Å². The number of benzene rings is 3. The summed E-state index contributed by atoms with van der Waals surface area (Å²) in [6, 6.07) is 23.3. The summed E-state index contributed by atoms with van der Waals surface area (Å²) in [5.74, 6) is 0.633. The first-order valence-electron chi connectivity index (χ1n) is 7.99. The van der Waals surface area contributed by atoms with Crippen LogP contribution >= 0.6 is 27.5 Å². The SMILES string of the molecule is Clc1ccc2nc(-c3ccccc3)c(NNc3ccc(Br)cc3)nc2c1. The molecule has 2 N–H and O–H groups in total. The van der Waals surface area contributed by atoms with E-state index in [1.54, 1.807) is 0 Å². The summed E-state index contributed by atoms with van der Waals surface area (Å²) in [4.78, 5) is 9.50. The third-order valence-electron chi connectivity index (χ3n) is 3.84. The first kappa shape index (κ1) is 16.8. The van der Waals surface area contributed by atoms with E-state index in [4.69, 9.17) is 21.6 Å². The summed E-state index contributed by atoms with van der Waals surface area (Å²) in [6.45, 7) is 0. The van der Waals surface area contributed by atoms with Crippen molar-refractivity contribution < 1.29 is 0 Å². The maximum Gasteiger partial charge on any atom is 0.171 e. The highest BCUT2D eigenvalue weighted by Crippen LogP contribution is 2.28. The molecule has 0 fully saturated rings. The molecule has 4 nitrogen and oxygen atoms in total. The topological polar surface area (TPSA) is 49.8 Å².